The molecular formula is C23H19FN4O4. The van der Waals surface area contributed by atoms with Crippen molar-refractivity contribution in [3.8, 4) is 17.1 Å². The van der Waals surface area contributed by atoms with Crippen molar-refractivity contribution in [2.24, 2.45) is 0 Å². The van der Waals surface area contributed by atoms with E-state index in [0.29, 0.717) is 28.4 Å². The van der Waals surface area contributed by atoms with Gasteiger partial charge in [0.1, 0.15) is 23.9 Å². The molecule has 162 valence electrons. The second kappa shape index (κ2) is 9.17. The van der Waals surface area contributed by atoms with Crippen LogP contribution in [-0.2, 0) is 11.3 Å². The predicted molar refractivity (Wildman–Crippen MR) is 116 cm³/mol. The zero-order valence-electron chi connectivity index (χ0n) is 17.0. The number of hydrogen-bond donors (Lipinski definition) is 2. The van der Waals surface area contributed by atoms with Crippen LogP contribution in [0.3, 0.4) is 0 Å². The summed E-state index contributed by atoms with van der Waals surface area (Å²) in [5, 5.41) is 9.51. The number of furan rings is 1. The van der Waals surface area contributed by atoms with Crippen molar-refractivity contribution in [1.29, 1.82) is 0 Å². The lowest BCUT2D eigenvalue weighted by Crippen LogP contribution is -2.19. The average Bonchev–Trinajstić information content (AvgIpc) is 3.45. The SMILES string of the molecule is COc1ccc(NC(=O)Cn2cc(NC(=O)c3ccc(-c4ccc(F)cc4)o3)cn2)cc1. The van der Waals surface area contributed by atoms with Crippen LogP contribution in [0.5, 0.6) is 5.75 Å². The second-order valence-electron chi connectivity index (χ2n) is 6.83. The van der Waals surface area contributed by atoms with Gasteiger partial charge in [-0.1, -0.05) is 0 Å². The Kier molecular flexibility index (Phi) is 5.98. The highest BCUT2D eigenvalue weighted by Gasteiger charge is 2.14. The lowest BCUT2D eigenvalue weighted by Gasteiger charge is -2.06. The molecule has 0 aliphatic rings. The summed E-state index contributed by atoms with van der Waals surface area (Å²) >= 11 is 0. The molecule has 0 atom stereocenters. The Morgan fingerprint density at radius 1 is 1.00 bits per heavy atom. The van der Waals surface area contributed by atoms with Crippen LogP contribution in [0.25, 0.3) is 11.3 Å². The molecule has 0 bridgehead atoms. The maximum Gasteiger partial charge on any atom is 0.291 e. The number of nitrogens with zero attached hydrogens (tertiary/aromatic N) is 2. The fourth-order valence-corrected chi connectivity index (χ4v) is 2.96. The first kappa shape index (κ1) is 20.9. The highest BCUT2D eigenvalue weighted by atomic mass is 19.1. The van der Waals surface area contributed by atoms with Crippen LogP contribution >= 0.6 is 0 Å². The molecule has 4 rings (SSSR count). The molecule has 2 aromatic carbocycles. The van der Waals surface area contributed by atoms with Crippen molar-refractivity contribution in [3.05, 3.63) is 84.6 Å². The zero-order valence-corrected chi connectivity index (χ0v) is 17.0. The molecule has 9 heteroatoms. The molecule has 0 aliphatic heterocycles. The summed E-state index contributed by atoms with van der Waals surface area (Å²) in [7, 11) is 1.57. The number of aromatic nitrogens is 2. The third-order valence-corrected chi connectivity index (χ3v) is 4.53. The predicted octanol–water partition coefficient (Wildman–Crippen LogP) is 4.18. The first-order valence-electron chi connectivity index (χ1n) is 9.63. The molecule has 0 spiro atoms. The monoisotopic (exact) mass is 434 g/mol. The van der Waals surface area contributed by atoms with Crippen LogP contribution in [0.1, 0.15) is 10.6 Å². The van der Waals surface area contributed by atoms with E-state index in [9.17, 15) is 14.0 Å². The van der Waals surface area contributed by atoms with Gasteiger partial charge in [0.05, 0.1) is 19.0 Å². The van der Waals surface area contributed by atoms with Crippen molar-refractivity contribution < 1.29 is 23.1 Å². The molecular weight excluding hydrogens is 415 g/mol. The standard InChI is InChI=1S/C23H19FN4O4/c1-31-19-8-6-17(7-9-19)26-22(29)14-28-13-18(12-25-28)27-23(30)21-11-10-20(32-21)15-2-4-16(24)5-3-15/h2-13H,14H2,1H3,(H,26,29)(H,27,30). The van der Waals surface area contributed by atoms with Crippen molar-refractivity contribution in [3.63, 3.8) is 0 Å². The molecule has 8 nitrogen and oxygen atoms in total. The summed E-state index contributed by atoms with van der Waals surface area (Å²) < 4.78 is 25.1. The number of carbonyl (C=O) groups is 2. The van der Waals surface area contributed by atoms with E-state index in [0.717, 1.165) is 0 Å². The third-order valence-electron chi connectivity index (χ3n) is 4.53. The topological polar surface area (TPSA) is 98.4 Å². The van der Waals surface area contributed by atoms with Gasteiger partial charge in [0.25, 0.3) is 5.91 Å². The molecule has 0 saturated carbocycles. The van der Waals surface area contributed by atoms with E-state index in [-0.39, 0.29) is 24.0 Å². The average molecular weight is 434 g/mol. The fourth-order valence-electron chi connectivity index (χ4n) is 2.96. The quantitative estimate of drug-likeness (QED) is 0.455. The second-order valence-corrected chi connectivity index (χ2v) is 6.83. The number of methoxy groups -OCH3 is 1. The normalized spacial score (nSPS) is 10.6. The lowest BCUT2D eigenvalue weighted by atomic mass is 10.2. The molecule has 2 amide bonds. The highest BCUT2D eigenvalue weighted by Crippen LogP contribution is 2.23. The Morgan fingerprint density at radius 2 is 1.75 bits per heavy atom. The van der Waals surface area contributed by atoms with Crippen LogP contribution in [0, 0.1) is 5.82 Å². The molecule has 4 aromatic rings. The van der Waals surface area contributed by atoms with Gasteiger partial charge in [0.2, 0.25) is 5.91 Å². The number of halogens is 1. The summed E-state index contributed by atoms with van der Waals surface area (Å²) in [4.78, 5) is 24.7. The summed E-state index contributed by atoms with van der Waals surface area (Å²) in [5.41, 5.74) is 1.69. The summed E-state index contributed by atoms with van der Waals surface area (Å²) in [6.07, 6.45) is 2.97. The first-order chi connectivity index (χ1) is 15.5. The summed E-state index contributed by atoms with van der Waals surface area (Å²) in [6.45, 7) is -0.0304. The molecule has 0 aliphatic carbocycles. The van der Waals surface area contributed by atoms with E-state index >= 15 is 0 Å². The Balaban J connectivity index is 1.34. The molecule has 32 heavy (non-hydrogen) atoms. The minimum Gasteiger partial charge on any atom is -0.497 e. The smallest absolute Gasteiger partial charge is 0.291 e. The van der Waals surface area contributed by atoms with Crippen LogP contribution in [0.2, 0.25) is 0 Å². The van der Waals surface area contributed by atoms with E-state index in [2.05, 4.69) is 15.7 Å². The van der Waals surface area contributed by atoms with Gasteiger partial charge in [-0.05, 0) is 60.7 Å². The first-order valence-corrected chi connectivity index (χ1v) is 9.63. The number of benzene rings is 2. The number of ether oxygens (including phenoxy) is 1. The number of rotatable bonds is 7. The molecule has 0 fully saturated rings. The number of hydrogen-bond acceptors (Lipinski definition) is 5. The van der Waals surface area contributed by atoms with E-state index < -0.39 is 5.91 Å². The Hall–Kier alpha value is -4.40. The van der Waals surface area contributed by atoms with Gasteiger partial charge in [-0.25, -0.2) is 4.39 Å². The van der Waals surface area contributed by atoms with E-state index in [1.54, 1.807) is 49.6 Å². The van der Waals surface area contributed by atoms with Gasteiger partial charge in [-0.2, -0.15) is 5.10 Å². The molecule has 0 unspecified atom stereocenters. The van der Waals surface area contributed by atoms with Gasteiger partial charge in [0.15, 0.2) is 5.76 Å². The third kappa shape index (κ3) is 5.01. The fraction of sp³-hybridized carbons (Fsp3) is 0.0870. The van der Waals surface area contributed by atoms with Gasteiger partial charge in [0, 0.05) is 17.4 Å². The number of carbonyl (C=O) groups excluding carboxylic acids is 2. The zero-order chi connectivity index (χ0) is 22.5. The molecule has 2 heterocycles. The van der Waals surface area contributed by atoms with Gasteiger partial charge in [-0.3, -0.25) is 14.3 Å². The highest BCUT2D eigenvalue weighted by molar-refractivity contribution is 6.02. The number of amides is 2. The minimum atomic E-state index is -0.472. The summed E-state index contributed by atoms with van der Waals surface area (Å²) in [5.74, 6) is 0.131. The largest absolute Gasteiger partial charge is 0.497 e. The lowest BCUT2D eigenvalue weighted by molar-refractivity contribution is -0.116. The van der Waals surface area contributed by atoms with Crippen molar-refractivity contribution >= 4 is 23.2 Å². The van der Waals surface area contributed by atoms with Gasteiger partial charge in [-0.15, -0.1) is 0 Å². The molecule has 2 N–H and O–H groups in total. The Morgan fingerprint density at radius 3 is 2.47 bits per heavy atom. The van der Waals surface area contributed by atoms with Crippen LogP contribution in [-0.4, -0.2) is 28.7 Å². The Labute approximate surface area is 182 Å². The van der Waals surface area contributed by atoms with Crippen LogP contribution in [0.15, 0.2) is 77.5 Å². The molecule has 0 saturated heterocycles. The number of anilines is 2. The van der Waals surface area contributed by atoms with Gasteiger partial charge < -0.3 is 19.8 Å². The summed E-state index contributed by atoms with van der Waals surface area (Å²) in [6, 6.07) is 15.9. The number of nitrogens with one attached hydrogen (secondary N) is 2. The van der Waals surface area contributed by atoms with E-state index in [1.165, 1.54) is 35.3 Å². The Bertz CT molecular complexity index is 1230. The van der Waals surface area contributed by atoms with Crippen LogP contribution < -0.4 is 15.4 Å². The van der Waals surface area contributed by atoms with Gasteiger partial charge >= 0.3 is 0 Å². The van der Waals surface area contributed by atoms with Crippen LogP contribution in [0.4, 0.5) is 15.8 Å². The van der Waals surface area contributed by atoms with Crippen molar-refractivity contribution in [1.82, 2.24) is 9.78 Å². The van der Waals surface area contributed by atoms with Crippen molar-refractivity contribution in [2.45, 2.75) is 6.54 Å². The van der Waals surface area contributed by atoms with Crippen molar-refractivity contribution in [2.75, 3.05) is 17.7 Å². The minimum absolute atomic E-state index is 0.0304. The maximum absolute atomic E-state index is 13.1. The molecule has 0 radical (unpaired) electrons. The van der Waals surface area contributed by atoms with E-state index in [1.807, 2.05) is 0 Å². The molecule has 2 aromatic heterocycles. The maximum atomic E-state index is 13.1. The van der Waals surface area contributed by atoms with E-state index in [4.69, 9.17) is 9.15 Å².